The van der Waals surface area contributed by atoms with E-state index >= 15 is 0 Å². The number of benzene rings is 11. The summed E-state index contributed by atoms with van der Waals surface area (Å²) in [6.45, 7) is 0. The lowest BCUT2D eigenvalue weighted by Crippen LogP contribution is -2.26. The van der Waals surface area contributed by atoms with Crippen molar-refractivity contribution in [2.24, 2.45) is 0 Å². The summed E-state index contributed by atoms with van der Waals surface area (Å²) in [4.78, 5) is 2.50. The number of anilines is 3. The largest absolute Gasteiger partial charge is 0.310 e. The molecule has 2 aliphatic rings. The fourth-order valence-corrected chi connectivity index (χ4v) is 11.8. The Kier molecular flexibility index (Phi) is 7.07. The van der Waals surface area contributed by atoms with Crippen LogP contribution in [0.5, 0.6) is 0 Å². The standard InChI is InChI=1S/C61H38N2/c1-3-19-39(20-4-1)62(41-35-36-56-51(37-41)47-28-15-18-34-55(47)63(56)40-21-5-2-6-22-40)57-38-52-58-48-29-10-7-23-42(48)43-24-8-11-30-49(43)60(58)61(59(52)50-31-12-9-27-46(50)57)53-32-16-13-25-44(53)45-26-14-17-33-54(45)61/h1-38H. The number of rotatable bonds is 4. The molecule has 0 radical (unpaired) electrons. The molecule has 0 fully saturated rings. The summed E-state index contributed by atoms with van der Waals surface area (Å²) in [6.07, 6.45) is 0. The first-order chi connectivity index (χ1) is 31.3. The van der Waals surface area contributed by atoms with Crippen LogP contribution in [0.4, 0.5) is 17.1 Å². The van der Waals surface area contributed by atoms with Gasteiger partial charge in [-0.3, -0.25) is 0 Å². The van der Waals surface area contributed by atoms with Gasteiger partial charge in [0.15, 0.2) is 0 Å². The molecule has 2 aliphatic carbocycles. The molecule has 0 bridgehead atoms. The van der Waals surface area contributed by atoms with Crippen molar-refractivity contribution in [3.63, 3.8) is 0 Å². The zero-order chi connectivity index (χ0) is 41.2. The lowest BCUT2D eigenvalue weighted by molar-refractivity contribution is 0.809. The molecule has 2 heteroatoms. The molecule has 11 aromatic carbocycles. The van der Waals surface area contributed by atoms with Gasteiger partial charge in [0.25, 0.3) is 0 Å². The van der Waals surface area contributed by atoms with Crippen LogP contribution in [0.15, 0.2) is 231 Å². The minimum Gasteiger partial charge on any atom is -0.310 e. The molecule has 292 valence electrons. The third-order valence-corrected chi connectivity index (χ3v) is 14.1. The van der Waals surface area contributed by atoms with Gasteiger partial charge in [-0.1, -0.05) is 176 Å². The molecule has 1 spiro atoms. The molecule has 1 aromatic heterocycles. The molecule has 0 saturated heterocycles. The maximum Gasteiger partial charge on any atom is 0.0737 e. The zero-order valence-corrected chi connectivity index (χ0v) is 34.3. The maximum absolute atomic E-state index is 2.54. The summed E-state index contributed by atoms with van der Waals surface area (Å²) in [6, 6.07) is 85.9. The Balaban J connectivity index is 1.14. The van der Waals surface area contributed by atoms with E-state index in [9.17, 15) is 0 Å². The SMILES string of the molecule is c1ccc(N(c2ccc3c(c2)c2ccccc2n3-c2ccccc2)c2cc3c(c4ccccc24)C2(c4ccccc4-c4ccccc42)c2c-3c3ccccc3c3ccccc23)cc1. The second kappa shape index (κ2) is 12.9. The zero-order valence-electron chi connectivity index (χ0n) is 34.3. The van der Waals surface area contributed by atoms with E-state index in [-0.39, 0.29) is 0 Å². The van der Waals surface area contributed by atoms with Gasteiger partial charge >= 0.3 is 0 Å². The maximum atomic E-state index is 2.54. The number of hydrogen-bond acceptors (Lipinski definition) is 1. The van der Waals surface area contributed by atoms with Crippen LogP contribution < -0.4 is 4.90 Å². The average molecular weight is 799 g/mol. The van der Waals surface area contributed by atoms with Gasteiger partial charge in [0, 0.05) is 33.2 Å². The normalized spacial score (nSPS) is 13.2. The van der Waals surface area contributed by atoms with Crippen LogP contribution in [0.2, 0.25) is 0 Å². The molecule has 14 rings (SSSR count). The van der Waals surface area contributed by atoms with Gasteiger partial charge in [0.2, 0.25) is 0 Å². The Hall–Kier alpha value is -8.20. The third-order valence-electron chi connectivity index (χ3n) is 14.1. The van der Waals surface area contributed by atoms with Crippen molar-refractivity contribution in [1.82, 2.24) is 4.57 Å². The molecule has 0 N–H and O–H groups in total. The highest BCUT2D eigenvalue weighted by Crippen LogP contribution is 2.67. The predicted octanol–water partition coefficient (Wildman–Crippen LogP) is 16.1. The van der Waals surface area contributed by atoms with E-state index < -0.39 is 5.41 Å². The minimum atomic E-state index is -0.546. The van der Waals surface area contributed by atoms with Crippen molar-refractivity contribution in [3.05, 3.63) is 253 Å². The van der Waals surface area contributed by atoms with E-state index in [1.807, 2.05) is 0 Å². The van der Waals surface area contributed by atoms with Gasteiger partial charge in [-0.25, -0.2) is 0 Å². The van der Waals surface area contributed by atoms with Crippen LogP contribution in [-0.2, 0) is 5.41 Å². The topological polar surface area (TPSA) is 8.17 Å². The summed E-state index contributed by atoms with van der Waals surface area (Å²) in [5, 5.41) is 10.1. The highest BCUT2D eigenvalue weighted by Gasteiger charge is 2.54. The van der Waals surface area contributed by atoms with Crippen molar-refractivity contribution in [2.45, 2.75) is 5.41 Å². The smallest absolute Gasteiger partial charge is 0.0737 e. The summed E-state index contributed by atoms with van der Waals surface area (Å²) >= 11 is 0. The van der Waals surface area contributed by atoms with Crippen LogP contribution >= 0.6 is 0 Å². The Morgan fingerprint density at radius 3 is 1.52 bits per heavy atom. The highest BCUT2D eigenvalue weighted by atomic mass is 15.1. The monoisotopic (exact) mass is 798 g/mol. The Bertz CT molecular complexity index is 3810. The van der Waals surface area contributed by atoms with E-state index in [0.717, 1.165) is 22.7 Å². The summed E-state index contributed by atoms with van der Waals surface area (Å²) in [5.74, 6) is 0. The van der Waals surface area contributed by atoms with E-state index in [1.54, 1.807) is 0 Å². The average Bonchev–Trinajstić information content (AvgIpc) is 3.97. The van der Waals surface area contributed by atoms with Crippen LogP contribution in [-0.4, -0.2) is 4.57 Å². The second-order valence-electron chi connectivity index (χ2n) is 17.1. The Labute approximate surface area is 365 Å². The molecule has 0 atom stereocenters. The van der Waals surface area contributed by atoms with Gasteiger partial charge in [-0.2, -0.15) is 0 Å². The van der Waals surface area contributed by atoms with Crippen LogP contribution in [0.25, 0.3) is 82.1 Å². The fraction of sp³-hybridized carbons (Fsp3) is 0.0164. The number of nitrogens with zero attached hydrogens (tertiary/aromatic N) is 2. The molecule has 2 nitrogen and oxygen atoms in total. The first-order valence-corrected chi connectivity index (χ1v) is 21.9. The molecule has 12 aromatic rings. The predicted molar refractivity (Wildman–Crippen MR) is 264 cm³/mol. The van der Waals surface area contributed by atoms with E-state index in [0.29, 0.717) is 0 Å². The van der Waals surface area contributed by atoms with Gasteiger partial charge in [0.05, 0.1) is 22.1 Å². The van der Waals surface area contributed by atoms with Gasteiger partial charge in [-0.05, 0) is 126 Å². The van der Waals surface area contributed by atoms with Crippen molar-refractivity contribution in [3.8, 4) is 27.9 Å². The minimum absolute atomic E-state index is 0.546. The lowest BCUT2D eigenvalue weighted by atomic mass is 9.68. The van der Waals surface area contributed by atoms with E-state index in [1.165, 1.54) is 98.6 Å². The molecular weight excluding hydrogens is 761 g/mol. The van der Waals surface area contributed by atoms with Crippen LogP contribution in [0.3, 0.4) is 0 Å². The quantitative estimate of drug-likeness (QED) is 0.161. The molecule has 0 saturated carbocycles. The van der Waals surface area contributed by atoms with Gasteiger partial charge < -0.3 is 9.47 Å². The highest BCUT2D eigenvalue weighted by molar-refractivity contribution is 6.23. The first-order valence-electron chi connectivity index (χ1n) is 21.9. The van der Waals surface area contributed by atoms with Crippen molar-refractivity contribution >= 4 is 71.2 Å². The van der Waals surface area contributed by atoms with E-state index in [2.05, 4.69) is 240 Å². The Morgan fingerprint density at radius 2 is 0.825 bits per heavy atom. The molecule has 0 unspecified atom stereocenters. The first kappa shape index (κ1) is 34.5. The van der Waals surface area contributed by atoms with Gasteiger partial charge in [0.1, 0.15) is 0 Å². The van der Waals surface area contributed by atoms with Crippen molar-refractivity contribution in [1.29, 1.82) is 0 Å². The Morgan fingerprint density at radius 1 is 0.317 bits per heavy atom. The molecule has 0 amide bonds. The van der Waals surface area contributed by atoms with Crippen LogP contribution in [0.1, 0.15) is 22.3 Å². The number of hydrogen-bond donors (Lipinski definition) is 0. The third kappa shape index (κ3) is 4.52. The van der Waals surface area contributed by atoms with Gasteiger partial charge in [-0.15, -0.1) is 0 Å². The number of para-hydroxylation sites is 3. The molecule has 1 heterocycles. The van der Waals surface area contributed by atoms with Crippen LogP contribution in [0, 0.1) is 0 Å². The summed E-state index contributed by atoms with van der Waals surface area (Å²) in [7, 11) is 0. The van der Waals surface area contributed by atoms with Crippen molar-refractivity contribution in [2.75, 3.05) is 4.90 Å². The molecular formula is C61H38N2. The molecule has 0 aliphatic heterocycles. The van der Waals surface area contributed by atoms with Crippen molar-refractivity contribution < 1.29 is 0 Å². The molecule has 63 heavy (non-hydrogen) atoms. The summed E-state index contributed by atoms with van der Waals surface area (Å²) < 4.78 is 2.40. The number of fused-ring (bicyclic) bond motifs is 20. The van der Waals surface area contributed by atoms with E-state index in [4.69, 9.17) is 0 Å². The lowest BCUT2D eigenvalue weighted by Gasteiger charge is -2.33. The summed E-state index contributed by atoms with van der Waals surface area (Å²) in [5.41, 5.74) is 17.1. The number of aromatic nitrogens is 1. The second-order valence-corrected chi connectivity index (χ2v) is 17.1. The fourth-order valence-electron chi connectivity index (χ4n) is 11.8.